The second-order valence-corrected chi connectivity index (χ2v) is 5.12. The molecule has 0 aliphatic carbocycles. The summed E-state index contributed by atoms with van der Waals surface area (Å²) in [5.74, 6) is 1.90. The van der Waals surface area contributed by atoms with Crippen LogP contribution in [0, 0.1) is 6.92 Å². The lowest BCUT2D eigenvalue weighted by atomic mass is 10.1. The van der Waals surface area contributed by atoms with Crippen LogP contribution in [0.1, 0.15) is 18.1 Å². The van der Waals surface area contributed by atoms with E-state index in [9.17, 15) is 0 Å². The molecule has 0 saturated carbocycles. The highest BCUT2D eigenvalue weighted by molar-refractivity contribution is 5.74. The predicted molar refractivity (Wildman–Crippen MR) is 74.5 cm³/mol. The number of nitrogens with one attached hydrogen (secondary N) is 1. The van der Waals surface area contributed by atoms with Gasteiger partial charge in [0.2, 0.25) is 0 Å². The Morgan fingerprint density at radius 2 is 2.20 bits per heavy atom. The van der Waals surface area contributed by atoms with Crippen molar-refractivity contribution < 1.29 is 4.42 Å². The van der Waals surface area contributed by atoms with Crippen molar-refractivity contribution in [3.05, 3.63) is 35.9 Å². The average Bonchev–Trinajstić information content (AvgIpc) is 2.99. The van der Waals surface area contributed by atoms with Crippen LogP contribution in [0.3, 0.4) is 0 Å². The normalized spacial score (nSPS) is 18.1. The van der Waals surface area contributed by atoms with Gasteiger partial charge >= 0.3 is 0 Å². The predicted octanol–water partition coefficient (Wildman–Crippen LogP) is 2.15. The molecule has 0 saturated heterocycles. The first-order valence-corrected chi connectivity index (χ1v) is 6.80. The number of oxazole rings is 1. The van der Waals surface area contributed by atoms with Crippen molar-refractivity contribution in [3.63, 3.8) is 0 Å². The summed E-state index contributed by atoms with van der Waals surface area (Å²) in [6, 6.07) is 8.63. The zero-order chi connectivity index (χ0) is 13.5. The summed E-state index contributed by atoms with van der Waals surface area (Å²) in [4.78, 5) is 8.86. The Labute approximate surface area is 115 Å². The van der Waals surface area contributed by atoms with Gasteiger partial charge in [-0.05, 0) is 25.5 Å². The minimum Gasteiger partial charge on any atom is -0.424 e. The molecule has 0 spiro atoms. The quantitative estimate of drug-likeness (QED) is 0.772. The molecule has 6 nitrogen and oxygen atoms in total. The summed E-state index contributed by atoms with van der Waals surface area (Å²) >= 11 is 0. The van der Waals surface area contributed by atoms with Gasteiger partial charge in [-0.25, -0.2) is 9.67 Å². The molecule has 1 atom stereocenters. The number of aryl methyl sites for hydroxylation is 2. The lowest BCUT2D eigenvalue weighted by Crippen LogP contribution is -2.32. The van der Waals surface area contributed by atoms with Gasteiger partial charge in [0.15, 0.2) is 5.58 Å². The standard InChI is InChI=1S/C14H15N5O/c1-9-15-13-7-6-10(8-19(13)18-9)16-14-17-11-4-2-3-5-12(11)20-14/h2-5,10H,6-8H2,1H3,(H,16,17)/t10-/m0/s1. The van der Waals surface area contributed by atoms with Crippen LogP contribution in [-0.2, 0) is 13.0 Å². The zero-order valence-corrected chi connectivity index (χ0v) is 11.2. The molecular weight excluding hydrogens is 254 g/mol. The van der Waals surface area contributed by atoms with Crippen LogP contribution < -0.4 is 5.32 Å². The molecule has 2 aromatic heterocycles. The van der Waals surface area contributed by atoms with Crippen LogP contribution in [-0.4, -0.2) is 25.8 Å². The van der Waals surface area contributed by atoms with Crippen molar-refractivity contribution in [2.45, 2.75) is 32.4 Å². The van der Waals surface area contributed by atoms with Gasteiger partial charge < -0.3 is 9.73 Å². The number of nitrogens with zero attached hydrogens (tertiary/aromatic N) is 4. The van der Waals surface area contributed by atoms with E-state index in [-0.39, 0.29) is 6.04 Å². The maximum atomic E-state index is 5.70. The summed E-state index contributed by atoms with van der Waals surface area (Å²) in [7, 11) is 0. The minimum absolute atomic E-state index is 0.275. The van der Waals surface area contributed by atoms with Gasteiger partial charge in [0.05, 0.1) is 12.6 Å². The molecule has 0 radical (unpaired) electrons. The lowest BCUT2D eigenvalue weighted by Gasteiger charge is -2.22. The highest BCUT2D eigenvalue weighted by Gasteiger charge is 2.22. The maximum Gasteiger partial charge on any atom is 0.295 e. The summed E-state index contributed by atoms with van der Waals surface area (Å²) in [5, 5.41) is 7.75. The Kier molecular flexibility index (Phi) is 2.48. The third-order valence-corrected chi connectivity index (χ3v) is 3.59. The van der Waals surface area contributed by atoms with Gasteiger partial charge in [-0.1, -0.05) is 12.1 Å². The van der Waals surface area contributed by atoms with Crippen molar-refractivity contribution in [3.8, 4) is 0 Å². The summed E-state index contributed by atoms with van der Waals surface area (Å²) in [5.41, 5.74) is 1.69. The molecule has 1 aliphatic rings. The van der Waals surface area contributed by atoms with Gasteiger partial charge in [-0.2, -0.15) is 10.1 Å². The Morgan fingerprint density at radius 1 is 1.30 bits per heavy atom. The van der Waals surface area contributed by atoms with Crippen LogP contribution in [0.25, 0.3) is 11.1 Å². The Bertz CT molecular complexity index is 727. The number of anilines is 1. The van der Waals surface area contributed by atoms with Crippen LogP contribution >= 0.6 is 0 Å². The van der Waals surface area contributed by atoms with Gasteiger partial charge in [-0.15, -0.1) is 0 Å². The van der Waals surface area contributed by atoms with Gasteiger partial charge in [0.1, 0.15) is 17.2 Å². The van der Waals surface area contributed by atoms with Crippen molar-refractivity contribution in [1.82, 2.24) is 19.7 Å². The average molecular weight is 269 g/mol. The molecule has 6 heteroatoms. The minimum atomic E-state index is 0.275. The highest BCUT2D eigenvalue weighted by atomic mass is 16.4. The lowest BCUT2D eigenvalue weighted by molar-refractivity contribution is 0.431. The first-order valence-electron chi connectivity index (χ1n) is 6.80. The van der Waals surface area contributed by atoms with E-state index in [2.05, 4.69) is 20.4 Å². The number of benzene rings is 1. The van der Waals surface area contributed by atoms with E-state index >= 15 is 0 Å². The van der Waals surface area contributed by atoms with Crippen molar-refractivity contribution in [2.24, 2.45) is 0 Å². The molecule has 1 aliphatic heterocycles. The topological polar surface area (TPSA) is 68.8 Å². The first-order chi connectivity index (χ1) is 9.78. The summed E-state index contributed by atoms with van der Waals surface area (Å²) in [6.07, 6.45) is 1.94. The smallest absolute Gasteiger partial charge is 0.295 e. The fourth-order valence-corrected chi connectivity index (χ4v) is 2.66. The molecule has 1 aromatic carbocycles. The largest absolute Gasteiger partial charge is 0.424 e. The van der Waals surface area contributed by atoms with E-state index in [1.807, 2.05) is 35.9 Å². The molecule has 102 valence electrons. The molecule has 0 unspecified atom stereocenters. The van der Waals surface area contributed by atoms with Crippen LogP contribution in [0.5, 0.6) is 0 Å². The first kappa shape index (κ1) is 11.5. The molecule has 0 fully saturated rings. The molecule has 3 heterocycles. The van der Waals surface area contributed by atoms with Crippen molar-refractivity contribution in [1.29, 1.82) is 0 Å². The fourth-order valence-electron chi connectivity index (χ4n) is 2.66. The van der Waals surface area contributed by atoms with Crippen LogP contribution in [0.15, 0.2) is 28.7 Å². The number of para-hydroxylation sites is 2. The Morgan fingerprint density at radius 3 is 3.10 bits per heavy atom. The Balaban J connectivity index is 1.55. The molecular formula is C14H15N5O. The summed E-state index contributed by atoms with van der Waals surface area (Å²) < 4.78 is 7.67. The van der Waals surface area contributed by atoms with Gasteiger partial charge in [0, 0.05) is 6.42 Å². The Hall–Kier alpha value is -2.37. The third-order valence-electron chi connectivity index (χ3n) is 3.59. The van der Waals surface area contributed by atoms with Crippen molar-refractivity contribution in [2.75, 3.05) is 5.32 Å². The summed E-state index contributed by atoms with van der Waals surface area (Å²) in [6.45, 7) is 2.73. The van der Waals surface area contributed by atoms with E-state index in [4.69, 9.17) is 4.42 Å². The molecule has 20 heavy (non-hydrogen) atoms. The molecule has 1 N–H and O–H groups in total. The molecule has 0 amide bonds. The highest BCUT2D eigenvalue weighted by Crippen LogP contribution is 2.21. The molecule has 4 rings (SSSR count). The maximum absolute atomic E-state index is 5.70. The number of hydrogen-bond donors (Lipinski definition) is 1. The number of rotatable bonds is 2. The van der Waals surface area contributed by atoms with Crippen molar-refractivity contribution >= 4 is 17.1 Å². The van der Waals surface area contributed by atoms with Gasteiger partial charge in [-0.3, -0.25) is 0 Å². The second kappa shape index (κ2) is 4.33. The third kappa shape index (κ3) is 1.93. The SMILES string of the molecule is Cc1nc2n(n1)C[C@@H](Nc1nc3ccccc3o1)CC2. The fraction of sp³-hybridized carbons (Fsp3) is 0.357. The van der Waals surface area contributed by atoms with E-state index < -0.39 is 0 Å². The molecule has 3 aromatic rings. The van der Waals surface area contributed by atoms with Crippen LogP contribution in [0.2, 0.25) is 0 Å². The number of fused-ring (bicyclic) bond motifs is 2. The zero-order valence-electron chi connectivity index (χ0n) is 11.2. The number of hydrogen-bond acceptors (Lipinski definition) is 5. The molecule has 0 bridgehead atoms. The van der Waals surface area contributed by atoms with Gasteiger partial charge in [0.25, 0.3) is 6.01 Å². The van der Waals surface area contributed by atoms with E-state index in [1.165, 1.54) is 0 Å². The second-order valence-electron chi connectivity index (χ2n) is 5.12. The number of aromatic nitrogens is 4. The monoisotopic (exact) mass is 269 g/mol. The van der Waals surface area contributed by atoms with E-state index in [0.29, 0.717) is 6.01 Å². The van der Waals surface area contributed by atoms with E-state index in [0.717, 1.165) is 42.1 Å². The van der Waals surface area contributed by atoms with E-state index in [1.54, 1.807) is 0 Å². The van der Waals surface area contributed by atoms with Crippen LogP contribution in [0.4, 0.5) is 6.01 Å².